The Morgan fingerprint density at radius 1 is 1.67 bits per heavy atom. The zero-order valence-electron chi connectivity index (χ0n) is 5.63. The van der Waals surface area contributed by atoms with Gasteiger partial charge in [-0.15, -0.1) is 0 Å². The number of carbonyl (C=O) groups excluding carboxylic acids is 1. The SMILES string of the molecule is O=CC1=NOC(O)(C(Cl)(Cl)Cl)C1. The molecule has 0 radical (unpaired) electrons. The Kier molecular flexibility index (Phi) is 2.54. The van der Waals surface area contributed by atoms with Crippen LogP contribution in [0.4, 0.5) is 0 Å². The highest BCUT2D eigenvalue weighted by Gasteiger charge is 2.54. The first-order chi connectivity index (χ1) is 5.39. The maximum Gasteiger partial charge on any atom is 0.287 e. The van der Waals surface area contributed by atoms with Crippen LogP contribution in [0, 0.1) is 0 Å². The van der Waals surface area contributed by atoms with Crippen molar-refractivity contribution >= 4 is 46.8 Å². The number of hydrogen-bond donors (Lipinski definition) is 1. The molecule has 0 aromatic heterocycles. The number of aldehydes is 1. The van der Waals surface area contributed by atoms with Crippen LogP contribution in [-0.2, 0) is 9.63 Å². The van der Waals surface area contributed by atoms with Gasteiger partial charge in [-0.25, -0.2) is 0 Å². The van der Waals surface area contributed by atoms with Crippen LogP contribution in [0.3, 0.4) is 0 Å². The smallest absolute Gasteiger partial charge is 0.287 e. The topological polar surface area (TPSA) is 58.9 Å². The van der Waals surface area contributed by atoms with E-state index in [2.05, 4.69) is 9.99 Å². The monoisotopic (exact) mass is 231 g/mol. The number of oxime groups is 1. The minimum atomic E-state index is -2.03. The molecule has 0 fully saturated rings. The fourth-order valence-corrected chi connectivity index (χ4v) is 0.963. The lowest BCUT2D eigenvalue weighted by Crippen LogP contribution is -2.42. The first-order valence-corrected chi connectivity index (χ1v) is 4.02. The van der Waals surface area contributed by atoms with Crippen LogP contribution >= 0.6 is 34.8 Å². The van der Waals surface area contributed by atoms with Crippen molar-refractivity contribution in [1.29, 1.82) is 0 Å². The Bertz CT molecular complexity index is 237. The molecule has 1 N–H and O–H groups in total. The van der Waals surface area contributed by atoms with Crippen LogP contribution in [0.25, 0.3) is 0 Å². The number of aliphatic hydroxyl groups is 1. The van der Waals surface area contributed by atoms with Crippen LogP contribution in [0.5, 0.6) is 0 Å². The van der Waals surface area contributed by atoms with Gasteiger partial charge in [-0.2, -0.15) is 0 Å². The molecular formula is C5H4Cl3NO3. The third-order valence-corrected chi connectivity index (χ3v) is 2.20. The molecule has 1 atom stereocenters. The molecule has 68 valence electrons. The number of halogens is 3. The summed E-state index contributed by atoms with van der Waals surface area (Å²) in [6.45, 7) is 0. The summed E-state index contributed by atoms with van der Waals surface area (Å²) in [7, 11) is 0. The summed E-state index contributed by atoms with van der Waals surface area (Å²) in [6.07, 6.45) is 0.196. The molecule has 1 aliphatic heterocycles. The molecule has 0 aliphatic carbocycles. The van der Waals surface area contributed by atoms with Crippen LogP contribution in [0.1, 0.15) is 6.42 Å². The number of rotatable bonds is 1. The predicted molar refractivity (Wildman–Crippen MR) is 44.4 cm³/mol. The van der Waals surface area contributed by atoms with Gasteiger partial charge < -0.3 is 9.94 Å². The van der Waals surface area contributed by atoms with Crippen molar-refractivity contribution < 1.29 is 14.7 Å². The summed E-state index contributed by atoms with van der Waals surface area (Å²) < 4.78 is -2.03. The summed E-state index contributed by atoms with van der Waals surface area (Å²) >= 11 is 16.1. The summed E-state index contributed by atoms with van der Waals surface area (Å²) in [5.41, 5.74) is 0.00354. The lowest BCUT2D eigenvalue weighted by molar-refractivity contribution is -0.181. The minimum Gasteiger partial charge on any atom is -0.355 e. The van der Waals surface area contributed by atoms with Gasteiger partial charge in [0.05, 0.1) is 6.42 Å². The molecule has 1 unspecified atom stereocenters. The standard InChI is InChI=1S/C5H4Cl3NO3/c6-5(7,8)4(11)1-3(2-10)9-12-4/h2,11H,1H2. The second-order valence-electron chi connectivity index (χ2n) is 2.25. The number of alkyl halides is 3. The Morgan fingerprint density at radius 3 is 2.50 bits per heavy atom. The van der Waals surface area contributed by atoms with Crippen molar-refractivity contribution in [2.24, 2.45) is 5.16 Å². The largest absolute Gasteiger partial charge is 0.355 e. The molecule has 0 aromatic carbocycles. The molecule has 12 heavy (non-hydrogen) atoms. The zero-order valence-corrected chi connectivity index (χ0v) is 7.90. The highest BCUT2D eigenvalue weighted by atomic mass is 35.6. The molecule has 0 saturated heterocycles. The van der Waals surface area contributed by atoms with Crippen LogP contribution in [0.2, 0.25) is 0 Å². The van der Waals surface area contributed by atoms with Crippen LogP contribution < -0.4 is 0 Å². The molecule has 7 heteroatoms. The molecule has 4 nitrogen and oxygen atoms in total. The second kappa shape index (κ2) is 3.03. The molecular weight excluding hydrogens is 228 g/mol. The summed E-state index contributed by atoms with van der Waals surface area (Å²) in [4.78, 5) is 14.6. The number of nitrogens with zero attached hydrogens (tertiary/aromatic N) is 1. The van der Waals surface area contributed by atoms with Gasteiger partial charge in [-0.1, -0.05) is 40.0 Å². The third kappa shape index (κ3) is 1.66. The first-order valence-electron chi connectivity index (χ1n) is 2.88. The van der Waals surface area contributed by atoms with Gasteiger partial charge in [-0.3, -0.25) is 4.79 Å². The van der Waals surface area contributed by atoms with E-state index < -0.39 is 9.58 Å². The van der Waals surface area contributed by atoms with Gasteiger partial charge in [0.1, 0.15) is 5.71 Å². The lowest BCUT2D eigenvalue weighted by atomic mass is 10.1. The van der Waals surface area contributed by atoms with Crippen LogP contribution in [-0.4, -0.2) is 26.7 Å². The fraction of sp³-hybridized carbons (Fsp3) is 0.600. The van der Waals surface area contributed by atoms with Crippen molar-refractivity contribution in [1.82, 2.24) is 0 Å². The molecule has 0 bridgehead atoms. The third-order valence-electron chi connectivity index (χ3n) is 1.31. The van der Waals surface area contributed by atoms with E-state index in [1.807, 2.05) is 0 Å². The Labute approximate surface area is 83.0 Å². The van der Waals surface area contributed by atoms with Gasteiger partial charge in [0.15, 0.2) is 6.29 Å². The van der Waals surface area contributed by atoms with E-state index in [1.54, 1.807) is 0 Å². The van der Waals surface area contributed by atoms with E-state index in [0.29, 0.717) is 6.29 Å². The second-order valence-corrected chi connectivity index (χ2v) is 4.53. The predicted octanol–water partition coefficient (Wildman–Crippen LogP) is 1.02. The maximum absolute atomic E-state index is 10.2. The van der Waals surface area contributed by atoms with E-state index in [4.69, 9.17) is 34.8 Å². The zero-order chi connectivity index (χ0) is 9.41. The highest BCUT2D eigenvalue weighted by Crippen LogP contribution is 2.43. The van der Waals surface area contributed by atoms with Crippen LogP contribution in [0.15, 0.2) is 5.16 Å². The molecule has 0 spiro atoms. The quantitative estimate of drug-likeness (QED) is 0.542. The summed E-state index contributed by atoms with van der Waals surface area (Å²) in [6, 6.07) is 0. The lowest BCUT2D eigenvalue weighted by Gasteiger charge is -2.26. The van der Waals surface area contributed by atoms with Gasteiger partial charge in [0, 0.05) is 0 Å². The van der Waals surface area contributed by atoms with Gasteiger partial charge in [-0.05, 0) is 0 Å². The summed E-state index contributed by atoms with van der Waals surface area (Å²) in [5, 5.41) is 12.7. The molecule has 1 heterocycles. The average molecular weight is 232 g/mol. The van der Waals surface area contributed by atoms with E-state index >= 15 is 0 Å². The number of carbonyl (C=O) groups is 1. The maximum atomic E-state index is 10.2. The molecule has 0 aromatic rings. The molecule has 0 saturated carbocycles. The van der Waals surface area contributed by atoms with Crippen molar-refractivity contribution in [3.05, 3.63) is 0 Å². The minimum absolute atomic E-state index is 0.00354. The first kappa shape index (κ1) is 10.1. The van der Waals surface area contributed by atoms with Crippen molar-refractivity contribution in [3.8, 4) is 0 Å². The van der Waals surface area contributed by atoms with E-state index in [1.165, 1.54) is 0 Å². The molecule has 1 aliphatic rings. The Hall–Kier alpha value is -0.0300. The van der Waals surface area contributed by atoms with E-state index in [-0.39, 0.29) is 12.1 Å². The Balaban J connectivity index is 2.76. The highest BCUT2D eigenvalue weighted by molar-refractivity contribution is 6.68. The van der Waals surface area contributed by atoms with Gasteiger partial charge in [0.2, 0.25) is 0 Å². The van der Waals surface area contributed by atoms with Crippen molar-refractivity contribution in [2.45, 2.75) is 16.0 Å². The van der Waals surface area contributed by atoms with E-state index in [9.17, 15) is 9.90 Å². The van der Waals surface area contributed by atoms with Crippen molar-refractivity contribution in [2.75, 3.05) is 0 Å². The Morgan fingerprint density at radius 2 is 2.25 bits per heavy atom. The van der Waals surface area contributed by atoms with Gasteiger partial charge >= 0.3 is 0 Å². The number of hydrogen-bond acceptors (Lipinski definition) is 4. The normalized spacial score (nSPS) is 29.5. The summed E-state index contributed by atoms with van der Waals surface area (Å²) in [5.74, 6) is -2.03. The van der Waals surface area contributed by atoms with Gasteiger partial charge in [0.25, 0.3) is 9.58 Å². The van der Waals surface area contributed by atoms with Crippen molar-refractivity contribution in [3.63, 3.8) is 0 Å². The molecule has 1 rings (SSSR count). The average Bonchev–Trinajstić information content (AvgIpc) is 2.31. The molecule has 0 amide bonds. The fourth-order valence-electron chi connectivity index (χ4n) is 0.659. The van der Waals surface area contributed by atoms with E-state index in [0.717, 1.165) is 0 Å².